The summed E-state index contributed by atoms with van der Waals surface area (Å²) in [6, 6.07) is 19.3. The summed E-state index contributed by atoms with van der Waals surface area (Å²) < 4.78 is 5.50. The van der Waals surface area contributed by atoms with Crippen molar-refractivity contribution in [2.24, 2.45) is 5.92 Å². The lowest BCUT2D eigenvalue weighted by Gasteiger charge is -2.28. The number of hydrogen-bond acceptors (Lipinski definition) is 3. The Morgan fingerprint density at radius 3 is 2.35 bits per heavy atom. The number of anilines is 1. The van der Waals surface area contributed by atoms with Gasteiger partial charge in [0, 0.05) is 18.8 Å². The van der Waals surface area contributed by atoms with E-state index in [2.05, 4.69) is 17.4 Å². The molecule has 1 heterocycles. The fraction of sp³-hybridized carbons (Fsp3) is 0.357. The van der Waals surface area contributed by atoms with Crippen LogP contribution in [0.25, 0.3) is 0 Å². The Balaban J connectivity index is 1.72. The number of benzene rings is 2. The molecule has 3 rings (SSSR count). The molecule has 0 unspecified atom stereocenters. The van der Waals surface area contributed by atoms with Crippen molar-refractivity contribution in [3.8, 4) is 0 Å². The summed E-state index contributed by atoms with van der Waals surface area (Å²) in [5.74, 6) is 0.834. The van der Waals surface area contributed by atoms with Crippen molar-refractivity contribution < 1.29 is 14.0 Å². The van der Waals surface area contributed by atoms with Crippen molar-refractivity contribution in [3.05, 3.63) is 89.4 Å². The number of carbonyl (C=O) groups is 2. The van der Waals surface area contributed by atoms with Gasteiger partial charge in [0.05, 0.1) is 12.8 Å². The van der Waals surface area contributed by atoms with Crippen LogP contribution in [0.5, 0.6) is 0 Å². The zero-order valence-electron chi connectivity index (χ0n) is 20.6. The van der Waals surface area contributed by atoms with Crippen LogP contribution in [0.15, 0.2) is 71.3 Å². The molecule has 0 bridgehead atoms. The molecule has 2 aromatic carbocycles. The third-order valence-corrected chi connectivity index (χ3v) is 5.75. The van der Waals surface area contributed by atoms with Crippen molar-refractivity contribution in [1.82, 2.24) is 9.80 Å². The smallest absolute Gasteiger partial charge is 0.322 e. The van der Waals surface area contributed by atoms with Gasteiger partial charge >= 0.3 is 6.03 Å². The van der Waals surface area contributed by atoms with Crippen LogP contribution in [-0.4, -0.2) is 41.4 Å². The van der Waals surface area contributed by atoms with E-state index in [1.807, 2.05) is 76.2 Å². The Morgan fingerprint density at radius 1 is 0.941 bits per heavy atom. The summed E-state index contributed by atoms with van der Waals surface area (Å²) in [5.41, 5.74) is 4.16. The lowest BCUT2D eigenvalue weighted by molar-refractivity contribution is -0.132. The zero-order chi connectivity index (χ0) is 24.5. The van der Waals surface area contributed by atoms with E-state index in [1.54, 1.807) is 16.1 Å². The zero-order valence-corrected chi connectivity index (χ0v) is 20.6. The predicted octanol–water partition coefficient (Wildman–Crippen LogP) is 5.66. The predicted molar refractivity (Wildman–Crippen MR) is 136 cm³/mol. The minimum Gasteiger partial charge on any atom is -0.467 e. The standard InChI is InChI=1S/C28H35N3O3/c1-21(2)18-31(28(33)29-25-13-12-22(3)23(4)17-25)20-27(32)30(19-26-11-8-16-34-26)15-14-24-9-6-5-7-10-24/h5-13,16-17,21H,14-15,18-20H2,1-4H3,(H,29,33). The van der Waals surface area contributed by atoms with Crippen LogP contribution < -0.4 is 5.32 Å². The second kappa shape index (κ2) is 12.1. The first-order valence-corrected chi connectivity index (χ1v) is 11.8. The normalized spacial score (nSPS) is 10.9. The Labute approximate surface area is 202 Å². The highest BCUT2D eigenvalue weighted by Gasteiger charge is 2.23. The molecule has 34 heavy (non-hydrogen) atoms. The SMILES string of the molecule is Cc1ccc(NC(=O)N(CC(=O)N(CCc2ccccc2)Cc2ccco2)CC(C)C)cc1C. The second-order valence-electron chi connectivity index (χ2n) is 9.13. The Hall–Kier alpha value is -3.54. The minimum absolute atomic E-state index is 0.00432. The molecule has 0 aliphatic rings. The third kappa shape index (κ3) is 7.51. The molecule has 0 saturated heterocycles. The lowest BCUT2D eigenvalue weighted by Crippen LogP contribution is -2.46. The highest BCUT2D eigenvalue weighted by Crippen LogP contribution is 2.16. The van der Waals surface area contributed by atoms with Crippen LogP contribution in [-0.2, 0) is 17.8 Å². The van der Waals surface area contributed by atoms with Gasteiger partial charge in [-0.05, 0) is 67.1 Å². The Kier molecular flexibility index (Phi) is 8.91. The average molecular weight is 462 g/mol. The molecule has 6 nitrogen and oxygen atoms in total. The summed E-state index contributed by atoms with van der Waals surface area (Å²) in [6.07, 6.45) is 2.34. The molecule has 0 saturated carbocycles. The number of nitrogens with one attached hydrogen (secondary N) is 1. The van der Waals surface area contributed by atoms with E-state index in [0.717, 1.165) is 29.0 Å². The maximum absolute atomic E-state index is 13.4. The molecule has 180 valence electrons. The van der Waals surface area contributed by atoms with Gasteiger partial charge in [-0.25, -0.2) is 4.79 Å². The van der Waals surface area contributed by atoms with Crippen molar-refractivity contribution in [1.29, 1.82) is 0 Å². The van der Waals surface area contributed by atoms with E-state index in [0.29, 0.717) is 19.6 Å². The van der Waals surface area contributed by atoms with Gasteiger partial charge in [0.2, 0.25) is 5.91 Å². The minimum atomic E-state index is -0.272. The van der Waals surface area contributed by atoms with Gasteiger partial charge in [-0.1, -0.05) is 50.2 Å². The molecular weight excluding hydrogens is 426 g/mol. The third-order valence-electron chi connectivity index (χ3n) is 5.75. The highest BCUT2D eigenvalue weighted by molar-refractivity contribution is 5.92. The molecule has 0 radical (unpaired) electrons. The average Bonchev–Trinajstić information content (AvgIpc) is 3.32. The first kappa shape index (κ1) is 25.1. The Morgan fingerprint density at radius 2 is 1.71 bits per heavy atom. The monoisotopic (exact) mass is 461 g/mol. The van der Waals surface area contributed by atoms with E-state index in [1.165, 1.54) is 5.56 Å². The number of furan rings is 1. The molecule has 0 aliphatic heterocycles. The number of urea groups is 1. The lowest BCUT2D eigenvalue weighted by atomic mass is 10.1. The molecule has 0 fully saturated rings. The van der Waals surface area contributed by atoms with Gasteiger partial charge in [0.25, 0.3) is 0 Å². The molecule has 0 aliphatic carbocycles. The fourth-order valence-corrected chi connectivity index (χ4v) is 3.74. The van der Waals surface area contributed by atoms with Crippen LogP contribution in [0.2, 0.25) is 0 Å². The number of hydrogen-bond donors (Lipinski definition) is 1. The number of nitrogens with zero attached hydrogens (tertiary/aromatic N) is 2. The summed E-state index contributed by atoms with van der Waals surface area (Å²) in [7, 11) is 0. The molecule has 6 heteroatoms. The van der Waals surface area contributed by atoms with Gasteiger partial charge in [0.1, 0.15) is 12.3 Å². The van der Waals surface area contributed by atoms with E-state index in [9.17, 15) is 9.59 Å². The van der Waals surface area contributed by atoms with Gasteiger partial charge < -0.3 is 19.5 Å². The van der Waals surface area contributed by atoms with Crippen LogP contribution in [0.4, 0.5) is 10.5 Å². The molecular formula is C28H35N3O3. The first-order chi connectivity index (χ1) is 16.3. The van der Waals surface area contributed by atoms with Crippen LogP contribution in [0, 0.1) is 19.8 Å². The van der Waals surface area contributed by atoms with Gasteiger partial charge in [0.15, 0.2) is 0 Å². The van der Waals surface area contributed by atoms with E-state index >= 15 is 0 Å². The highest BCUT2D eigenvalue weighted by atomic mass is 16.3. The fourth-order valence-electron chi connectivity index (χ4n) is 3.74. The van der Waals surface area contributed by atoms with Crippen LogP contribution in [0.3, 0.4) is 0 Å². The van der Waals surface area contributed by atoms with Gasteiger partial charge in [-0.3, -0.25) is 4.79 Å². The topological polar surface area (TPSA) is 65.8 Å². The van der Waals surface area contributed by atoms with Crippen molar-refractivity contribution in [3.63, 3.8) is 0 Å². The second-order valence-corrected chi connectivity index (χ2v) is 9.13. The van der Waals surface area contributed by atoms with Gasteiger partial charge in [-0.15, -0.1) is 0 Å². The summed E-state index contributed by atoms with van der Waals surface area (Å²) in [6.45, 7) is 9.52. The number of rotatable bonds is 10. The molecule has 3 aromatic rings. The number of carbonyl (C=O) groups excluding carboxylic acids is 2. The van der Waals surface area contributed by atoms with E-state index in [4.69, 9.17) is 4.42 Å². The van der Waals surface area contributed by atoms with Crippen LogP contribution >= 0.6 is 0 Å². The van der Waals surface area contributed by atoms with E-state index in [-0.39, 0.29) is 24.4 Å². The maximum atomic E-state index is 13.4. The Bertz CT molecular complexity index is 1060. The van der Waals surface area contributed by atoms with Gasteiger partial charge in [-0.2, -0.15) is 0 Å². The number of amides is 3. The molecule has 0 spiro atoms. The van der Waals surface area contributed by atoms with Crippen LogP contribution in [0.1, 0.15) is 36.3 Å². The summed E-state index contributed by atoms with van der Waals surface area (Å²) >= 11 is 0. The largest absolute Gasteiger partial charge is 0.467 e. The molecule has 1 aromatic heterocycles. The first-order valence-electron chi connectivity index (χ1n) is 11.8. The molecule has 1 N–H and O–H groups in total. The maximum Gasteiger partial charge on any atom is 0.322 e. The van der Waals surface area contributed by atoms with Crippen molar-refractivity contribution in [2.75, 3.05) is 25.0 Å². The van der Waals surface area contributed by atoms with E-state index < -0.39 is 0 Å². The van der Waals surface area contributed by atoms with Crippen molar-refractivity contribution >= 4 is 17.6 Å². The van der Waals surface area contributed by atoms with Crippen molar-refractivity contribution in [2.45, 2.75) is 40.7 Å². The quantitative estimate of drug-likeness (QED) is 0.424. The molecule has 0 atom stereocenters. The molecule has 3 amide bonds. The summed E-state index contributed by atoms with van der Waals surface area (Å²) in [5, 5.41) is 2.96. The summed E-state index contributed by atoms with van der Waals surface area (Å²) in [4.78, 5) is 29.9. The number of aryl methyl sites for hydroxylation is 2.